The Morgan fingerprint density at radius 2 is 2.16 bits per heavy atom. The van der Waals surface area contributed by atoms with Crippen LogP contribution in [0, 0.1) is 5.92 Å². The van der Waals surface area contributed by atoms with Gasteiger partial charge in [-0.05, 0) is 0 Å². The minimum atomic E-state index is -3.94. The Morgan fingerprint density at radius 3 is 2.80 bits per heavy atom. The van der Waals surface area contributed by atoms with Crippen LogP contribution >= 0.6 is 19.0 Å². The average molecular weight is 389 g/mol. The Morgan fingerprint density at radius 1 is 1.44 bits per heavy atom. The van der Waals surface area contributed by atoms with Crippen LogP contribution in [0.1, 0.15) is 13.2 Å². The van der Waals surface area contributed by atoms with E-state index in [9.17, 15) is 9.67 Å². The molecule has 0 aliphatic carbocycles. The van der Waals surface area contributed by atoms with Gasteiger partial charge in [-0.1, -0.05) is 19.2 Å². The first-order valence-electron chi connectivity index (χ1n) is 7.57. The van der Waals surface area contributed by atoms with Gasteiger partial charge in [-0.15, -0.1) is 0 Å². The molecule has 25 heavy (non-hydrogen) atoms. The molecule has 0 saturated carbocycles. The number of aromatic nitrogens is 4. The standard InChI is InChI=1S/C13H20N5O5PS/c1-7-10(19)8(4-22-24(20,21)25)23-13(7)18-6-16-9-11(17(2)3)14-5-15-12(9)18/h5-8,10,13,19H,4H2,1-3H3,(H2,20,21,25)/t7-,8?,10-,13+/m0/s1. The lowest BCUT2D eigenvalue weighted by molar-refractivity contribution is -0.0404. The average Bonchev–Trinajstić information content (AvgIpc) is 3.07. The molecule has 0 aromatic carbocycles. The number of hydrogen-bond donors (Lipinski definition) is 3. The number of imidazole rings is 1. The molecule has 1 saturated heterocycles. The van der Waals surface area contributed by atoms with Gasteiger partial charge in [0.1, 0.15) is 18.7 Å². The quantitative estimate of drug-likeness (QED) is 0.504. The van der Waals surface area contributed by atoms with Gasteiger partial charge in [0, 0.05) is 20.0 Å². The van der Waals surface area contributed by atoms with E-state index in [1.165, 1.54) is 6.33 Å². The van der Waals surface area contributed by atoms with Crippen molar-refractivity contribution in [1.29, 1.82) is 0 Å². The fourth-order valence-corrected chi connectivity index (χ4v) is 3.41. The third kappa shape index (κ3) is 3.67. The molecule has 3 rings (SSSR count). The maximum Gasteiger partial charge on any atom is 0.383 e. The zero-order chi connectivity index (χ0) is 18.4. The van der Waals surface area contributed by atoms with Gasteiger partial charge in [0.2, 0.25) is 0 Å². The molecular weight excluding hydrogens is 369 g/mol. The van der Waals surface area contributed by atoms with E-state index >= 15 is 0 Å². The number of fused-ring (bicyclic) bond motifs is 1. The number of nitrogens with zero attached hydrogens (tertiary/aromatic N) is 5. The zero-order valence-corrected chi connectivity index (χ0v) is 15.7. The molecule has 3 heterocycles. The molecule has 0 amide bonds. The fraction of sp³-hybridized carbons (Fsp3) is 0.615. The molecule has 0 radical (unpaired) electrons. The van der Waals surface area contributed by atoms with Crippen LogP contribution in [0.5, 0.6) is 0 Å². The molecule has 0 spiro atoms. The van der Waals surface area contributed by atoms with Gasteiger partial charge in [-0.2, -0.15) is 0 Å². The van der Waals surface area contributed by atoms with Crippen molar-refractivity contribution in [3.63, 3.8) is 0 Å². The second-order valence-electron chi connectivity index (χ2n) is 6.12. The Bertz CT molecular complexity index is 811. The van der Waals surface area contributed by atoms with Crippen LogP contribution in [0.25, 0.3) is 11.2 Å². The molecule has 2 aromatic heterocycles. The molecule has 1 aliphatic heterocycles. The van der Waals surface area contributed by atoms with Crippen LogP contribution in [0.4, 0.5) is 5.82 Å². The zero-order valence-electron chi connectivity index (χ0n) is 13.9. The highest BCUT2D eigenvalue weighted by Gasteiger charge is 2.43. The molecule has 138 valence electrons. The summed E-state index contributed by atoms with van der Waals surface area (Å²) < 4.78 is 23.5. The van der Waals surface area contributed by atoms with E-state index < -0.39 is 25.2 Å². The van der Waals surface area contributed by atoms with Gasteiger partial charge in [-0.3, -0.25) is 9.09 Å². The normalized spacial score (nSPS) is 29.0. The van der Waals surface area contributed by atoms with Gasteiger partial charge >= 0.3 is 6.80 Å². The summed E-state index contributed by atoms with van der Waals surface area (Å²) >= 11 is 3.46. The molecule has 1 fully saturated rings. The molecule has 12 heteroatoms. The van der Waals surface area contributed by atoms with Crippen LogP contribution in [0.2, 0.25) is 0 Å². The summed E-state index contributed by atoms with van der Waals surface area (Å²) in [5.41, 5.74) is 1.19. The van der Waals surface area contributed by atoms with Gasteiger partial charge in [0.15, 0.2) is 17.0 Å². The molecule has 5 atom stereocenters. The van der Waals surface area contributed by atoms with Crippen molar-refractivity contribution in [2.45, 2.75) is 25.4 Å². The van der Waals surface area contributed by atoms with Gasteiger partial charge in [0.05, 0.1) is 19.0 Å². The first-order valence-corrected chi connectivity index (χ1v) is 10.3. The first-order chi connectivity index (χ1) is 11.7. The second-order valence-corrected chi connectivity index (χ2v) is 8.87. The van der Waals surface area contributed by atoms with E-state index in [1.54, 1.807) is 10.9 Å². The minimum absolute atomic E-state index is 0.246. The summed E-state index contributed by atoms with van der Waals surface area (Å²) in [5, 5.41) is 10.4. The van der Waals surface area contributed by atoms with E-state index in [1.807, 2.05) is 25.9 Å². The minimum Gasteiger partial charge on any atom is -0.390 e. The van der Waals surface area contributed by atoms with E-state index in [0.29, 0.717) is 17.0 Å². The lowest BCUT2D eigenvalue weighted by atomic mass is 10.0. The lowest BCUT2D eigenvalue weighted by Crippen LogP contribution is -2.28. The molecule has 2 aromatic rings. The third-order valence-electron chi connectivity index (χ3n) is 4.13. The van der Waals surface area contributed by atoms with Crippen LogP contribution in [0.3, 0.4) is 0 Å². The summed E-state index contributed by atoms with van der Waals surface area (Å²) in [6.07, 6.45) is 0.836. The van der Waals surface area contributed by atoms with Crippen molar-refractivity contribution in [2.75, 3.05) is 25.6 Å². The Hall–Kier alpha value is -1.23. The van der Waals surface area contributed by atoms with Crippen molar-refractivity contribution < 1.29 is 23.8 Å². The van der Waals surface area contributed by atoms with Crippen molar-refractivity contribution in [3.8, 4) is 0 Å². The first kappa shape index (κ1) is 18.6. The van der Waals surface area contributed by atoms with Crippen molar-refractivity contribution in [3.05, 3.63) is 12.7 Å². The maximum absolute atomic E-state index is 11.2. The number of anilines is 1. The Labute approximate surface area is 149 Å². The Kier molecular flexibility index (Phi) is 5.06. The van der Waals surface area contributed by atoms with E-state index in [4.69, 9.17) is 14.2 Å². The number of ether oxygens (including phenoxy) is 1. The molecule has 2 unspecified atom stereocenters. The molecule has 0 bridgehead atoms. The summed E-state index contributed by atoms with van der Waals surface area (Å²) in [7, 11) is 3.72. The van der Waals surface area contributed by atoms with Crippen LogP contribution in [-0.4, -0.2) is 62.4 Å². The monoisotopic (exact) mass is 389 g/mol. The lowest BCUT2D eigenvalue weighted by Gasteiger charge is -2.18. The third-order valence-corrected chi connectivity index (χ3v) is 4.96. The Balaban J connectivity index is 1.88. The number of hydrogen-bond acceptors (Lipinski definition) is 8. The summed E-state index contributed by atoms with van der Waals surface area (Å²) in [6, 6.07) is 0. The van der Waals surface area contributed by atoms with Gasteiger partial charge < -0.3 is 19.6 Å². The fourth-order valence-electron chi connectivity index (χ4n) is 2.87. The number of rotatable bonds is 5. The smallest absolute Gasteiger partial charge is 0.383 e. The maximum atomic E-state index is 11.2. The highest BCUT2D eigenvalue weighted by atomic mass is 32.7. The molecular formula is C13H20N5O5PS. The highest BCUT2D eigenvalue weighted by molar-refractivity contribution is 8.44. The number of aliphatic hydroxyl groups excluding tert-OH is 1. The van der Waals surface area contributed by atoms with Crippen molar-refractivity contribution in [2.24, 2.45) is 5.92 Å². The van der Waals surface area contributed by atoms with E-state index in [0.717, 1.165) is 0 Å². The molecule has 10 nitrogen and oxygen atoms in total. The number of thiol groups is 1. The van der Waals surface area contributed by atoms with Gasteiger partial charge in [-0.25, -0.2) is 19.5 Å². The summed E-state index contributed by atoms with van der Waals surface area (Å²) in [5.74, 6) is 0.368. The van der Waals surface area contributed by atoms with Gasteiger partial charge in [0.25, 0.3) is 0 Å². The highest BCUT2D eigenvalue weighted by Crippen LogP contribution is 2.48. The predicted octanol–water partition coefficient (Wildman–Crippen LogP) is 0.833. The van der Waals surface area contributed by atoms with E-state index in [-0.39, 0.29) is 12.5 Å². The molecule has 2 N–H and O–H groups in total. The predicted molar refractivity (Wildman–Crippen MR) is 93.5 cm³/mol. The second kappa shape index (κ2) is 6.82. The van der Waals surface area contributed by atoms with Crippen LogP contribution < -0.4 is 4.90 Å². The summed E-state index contributed by atoms with van der Waals surface area (Å²) in [4.78, 5) is 23.8. The van der Waals surface area contributed by atoms with Crippen LogP contribution in [0.15, 0.2) is 12.7 Å². The van der Waals surface area contributed by atoms with Crippen LogP contribution in [-0.2, 0) is 13.8 Å². The largest absolute Gasteiger partial charge is 0.390 e. The summed E-state index contributed by atoms with van der Waals surface area (Å²) in [6.45, 7) is -2.38. The van der Waals surface area contributed by atoms with Crippen molar-refractivity contribution >= 4 is 36.0 Å². The molecule has 1 aliphatic rings. The number of aliphatic hydroxyl groups is 1. The SMILES string of the molecule is C[C@H]1[C@H](O)C(COP(=O)(O)S)O[C@H]1n1cnc2c(N(C)C)ncnc21. The topological polar surface area (TPSA) is 123 Å². The van der Waals surface area contributed by atoms with E-state index in [2.05, 4.69) is 27.2 Å². The van der Waals surface area contributed by atoms with Crippen molar-refractivity contribution in [1.82, 2.24) is 19.5 Å².